The van der Waals surface area contributed by atoms with Crippen LogP contribution in [0, 0.1) is 0 Å². The van der Waals surface area contributed by atoms with E-state index in [1.165, 1.54) is 0 Å². The van der Waals surface area contributed by atoms with Crippen LogP contribution in [0.4, 0.5) is 18.0 Å². The average Bonchev–Trinajstić information content (AvgIpc) is 3.50. The largest absolute Gasteiger partial charge is 0.416 e. The van der Waals surface area contributed by atoms with Gasteiger partial charge in [-0.25, -0.2) is 13.2 Å². The number of nitrogens with zero attached hydrogens (tertiary/aromatic N) is 2. The minimum absolute atomic E-state index is 0.0409. The zero-order chi connectivity index (χ0) is 23.0. The highest BCUT2D eigenvalue weighted by Crippen LogP contribution is 2.34. The molecule has 2 aliphatic rings. The van der Waals surface area contributed by atoms with Crippen molar-refractivity contribution in [2.24, 2.45) is 0 Å². The number of hydrogen-bond acceptors (Lipinski definition) is 5. The second kappa shape index (κ2) is 8.93. The Balaban J connectivity index is 1.63. The van der Waals surface area contributed by atoms with E-state index in [1.54, 1.807) is 11.8 Å². The number of imide groups is 1. The van der Waals surface area contributed by atoms with Gasteiger partial charge in [-0.05, 0) is 38.0 Å². The van der Waals surface area contributed by atoms with Gasteiger partial charge in [0.25, 0.3) is 0 Å². The number of piperazine rings is 1. The van der Waals surface area contributed by atoms with Crippen LogP contribution in [-0.4, -0.2) is 67.8 Å². The zero-order valence-electron chi connectivity index (χ0n) is 16.6. The molecule has 172 valence electrons. The maximum Gasteiger partial charge on any atom is 0.416 e. The van der Waals surface area contributed by atoms with Crippen molar-refractivity contribution in [3.63, 3.8) is 0 Å². The molecule has 1 saturated carbocycles. The normalized spacial score (nSPS) is 19.6. The Kier molecular flexibility index (Phi) is 6.84. The number of benzene rings is 1. The molecule has 3 rings (SSSR count). The van der Waals surface area contributed by atoms with Gasteiger partial charge >= 0.3 is 12.2 Å². The Morgan fingerprint density at radius 2 is 1.77 bits per heavy atom. The zero-order valence-corrected chi connectivity index (χ0v) is 18.1. The molecule has 8 nitrogen and oxygen atoms in total. The maximum absolute atomic E-state index is 13.0. The fourth-order valence-corrected chi connectivity index (χ4v) is 5.10. The van der Waals surface area contributed by atoms with Gasteiger partial charge in [-0.1, -0.05) is 11.6 Å². The maximum atomic E-state index is 13.0. The number of hydrogen-bond donors (Lipinski definition) is 2. The van der Waals surface area contributed by atoms with Crippen molar-refractivity contribution in [1.82, 2.24) is 19.8 Å². The fourth-order valence-electron chi connectivity index (χ4n) is 3.18. The fraction of sp³-hybridized carbons (Fsp3) is 0.556. The van der Waals surface area contributed by atoms with Crippen LogP contribution in [0.5, 0.6) is 0 Å². The summed E-state index contributed by atoms with van der Waals surface area (Å²) in [6.45, 7) is 1.83. The Bertz CT molecular complexity index is 961. The van der Waals surface area contributed by atoms with Crippen molar-refractivity contribution in [3.8, 4) is 0 Å². The van der Waals surface area contributed by atoms with Gasteiger partial charge in [-0.3, -0.25) is 15.0 Å². The van der Waals surface area contributed by atoms with Gasteiger partial charge in [0, 0.05) is 32.2 Å². The molecular formula is C18H22ClF3N4O4S. The molecule has 1 aromatic rings. The second-order valence-corrected chi connectivity index (χ2v) is 9.81. The number of amides is 3. The highest BCUT2D eigenvalue weighted by atomic mass is 35.5. The highest BCUT2D eigenvalue weighted by molar-refractivity contribution is 7.89. The molecule has 31 heavy (non-hydrogen) atoms. The predicted octanol–water partition coefficient (Wildman–Crippen LogP) is 2.04. The lowest BCUT2D eigenvalue weighted by molar-refractivity contribution is -0.137. The van der Waals surface area contributed by atoms with Gasteiger partial charge in [0.1, 0.15) is 4.90 Å². The molecule has 0 aromatic heterocycles. The van der Waals surface area contributed by atoms with Gasteiger partial charge in [-0.15, -0.1) is 0 Å². The van der Waals surface area contributed by atoms with Gasteiger partial charge in [-0.2, -0.15) is 17.5 Å². The van der Waals surface area contributed by atoms with Crippen molar-refractivity contribution < 1.29 is 31.2 Å². The standard InChI is InChI=1S/C18H22ClF3N4O4S/c1-11(16(27)24-17(28)23-13-3-4-13)25-6-8-26(9-7-25)31(29,30)15-10-12(18(20,21)22)2-5-14(15)19/h2,5,10-11,13H,3-4,6-9H2,1H3,(H2,23,24,27,28). The number of sulfonamides is 1. The molecule has 0 radical (unpaired) electrons. The first-order valence-electron chi connectivity index (χ1n) is 9.62. The van der Waals surface area contributed by atoms with Crippen molar-refractivity contribution >= 4 is 33.6 Å². The van der Waals surface area contributed by atoms with Gasteiger partial charge in [0.2, 0.25) is 15.9 Å². The number of urea groups is 1. The molecule has 1 aliphatic heterocycles. The smallest absolute Gasteiger partial charge is 0.335 e. The van der Waals surface area contributed by atoms with Crippen molar-refractivity contribution in [1.29, 1.82) is 0 Å². The van der Waals surface area contributed by atoms with Crippen LogP contribution >= 0.6 is 11.6 Å². The molecule has 2 N–H and O–H groups in total. The lowest BCUT2D eigenvalue weighted by atomic mass is 10.2. The Morgan fingerprint density at radius 3 is 2.32 bits per heavy atom. The van der Waals surface area contributed by atoms with Crippen LogP contribution in [0.25, 0.3) is 0 Å². The number of rotatable bonds is 5. The van der Waals surface area contributed by atoms with Gasteiger partial charge in [0.05, 0.1) is 16.6 Å². The SMILES string of the molecule is CC(C(=O)NC(=O)NC1CC1)N1CCN(S(=O)(=O)c2cc(C(F)(F)F)ccc2Cl)CC1. The van der Waals surface area contributed by atoms with Crippen LogP contribution in [0.3, 0.4) is 0 Å². The van der Waals surface area contributed by atoms with Crippen LogP contribution in [0.2, 0.25) is 5.02 Å². The molecule has 1 saturated heterocycles. The Morgan fingerprint density at radius 1 is 1.16 bits per heavy atom. The highest BCUT2D eigenvalue weighted by Gasteiger charge is 2.36. The monoisotopic (exact) mass is 482 g/mol. The summed E-state index contributed by atoms with van der Waals surface area (Å²) >= 11 is 5.89. The summed E-state index contributed by atoms with van der Waals surface area (Å²) in [5, 5.41) is 4.59. The first kappa shape index (κ1) is 23.8. The summed E-state index contributed by atoms with van der Waals surface area (Å²) in [5.74, 6) is -0.518. The third-order valence-corrected chi connectivity index (χ3v) is 7.61. The van der Waals surface area contributed by atoms with E-state index in [4.69, 9.17) is 11.6 Å². The van der Waals surface area contributed by atoms with Gasteiger partial charge < -0.3 is 5.32 Å². The van der Waals surface area contributed by atoms with Crippen molar-refractivity contribution in [2.45, 2.75) is 42.9 Å². The minimum atomic E-state index is -4.71. The van der Waals surface area contributed by atoms with E-state index in [0.29, 0.717) is 6.07 Å². The summed E-state index contributed by atoms with van der Waals surface area (Å²) in [5.41, 5.74) is -1.11. The molecule has 1 heterocycles. The second-order valence-electron chi connectivity index (χ2n) is 7.50. The van der Waals surface area contributed by atoms with E-state index in [9.17, 15) is 31.2 Å². The minimum Gasteiger partial charge on any atom is -0.335 e. The van der Waals surface area contributed by atoms with E-state index in [2.05, 4.69) is 10.6 Å². The number of alkyl halides is 3. The van der Waals surface area contributed by atoms with Crippen molar-refractivity contribution in [2.75, 3.05) is 26.2 Å². The first-order valence-corrected chi connectivity index (χ1v) is 11.4. The molecule has 13 heteroatoms. The molecule has 1 atom stereocenters. The Hall–Kier alpha value is -1.89. The summed E-state index contributed by atoms with van der Waals surface area (Å²) in [4.78, 5) is 25.1. The first-order chi connectivity index (χ1) is 14.4. The summed E-state index contributed by atoms with van der Waals surface area (Å²) in [6, 6.07) is 0.996. The molecule has 1 aliphatic carbocycles. The summed E-state index contributed by atoms with van der Waals surface area (Å²) < 4.78 is 65.7. The third-order valence-electron chi connectivity index (χ3n) is 5.23. The molecule has 0 bridgehead atoms. The molecule has 1 aromatic carbocycles. The number of nitrogens with one attached hydrogen (secondary N) is 2. The van der Waals surface area contributed by atoms with E-state index < -0.39 is 44.6 Å². The van der Waals surface area contributed by atoms with Crippen LogP contribution in [0.15, 0.2) is 23.1 Å². The lowest BCUT2D eigenvalue weighted by Gasteiger charge is -2.36. The van der Waals surface area contributed by atoms with E-state index >= 15 is 0 Å². The van der Waals surface area contributed by atoms with Crippen LogP contribution < -0.4 is 10.6 Å². The number of carbonyl (C=O) groups is 2. The van der Waals surface area contributed by atoms with Crippen LogP contribution in [-0.2, 0) is 21.0 Å². The number of carbonyl (C=O) groups excluding carboxylic acids is 2. The predicted molar refractivity (Wildman–Crippen MR) is 106 cm³/mol. The summed E-state index contributed by atoms with van der Waals surface area (Å²) in [6.07, 6.45) is -2.95. The van der Waals surface area contributed by atoms with E-state index in [-0.39, 0.29) is 37.2 Å². The van der Waals surface area contributed by atoms with E-state index in [0.717, 1.165) is 29.3 Å². The lowest BCUT2D eigenvalue weighted by Crippen LogP contribution is -2.56. The average molecular weight is 483 g/mol. The quantitative estimate of drug-likeness (QED) is 0.669. The third kappa shape index (κ3) is 5.68. The molecule has 1 unspecified atom stereocenters. The summed E-state index contributed by atoms with van der Waals surface area (Å²) in [7, 11) is -4.26. The molecule has 2 fully saturated rings. The van der Waals surface area contributed by atoms with Crippen molar-refractivity contribution in [3.05, 3.63) is 28.8 Å². The molecule has 0 spiro atoms. The topological polar surface area (TPSA) is 98.8 Å². The molecule has 3 amide bonds. The van der Waals surface area contributed by atoms with Crippen LogP contribution in [0.1, 0.15) is 25.3 Å². The Labute approximate surface area is 182 Å². The molecular weight excluding hydrogens is 461 g/mol. The van der Waals surface area contributed by atoms with Gasteiger partial charge in [0.15, 0.2) is 0 Å². The number of halogens is 4. The van der Waals surface area contributed by atoms with E-state index in [1.807, 2.05) is 0 Å².